The number of rotatable bonds is 5. The van der Waals surface area contributed by atoms with Gasteiger partial charge in [0.05, 0.1) is 12.2 Å². The molecule has 0 radical (unpaired) electrons. The summed E-state index contributed by atoms with van der Waals surface area (Å²) in [5.41, 5.74) is -0.0183. The molecule has 0 bridgehead atoms. The topological polar surface area (TPSA) is 94.4 Å². The number of phenolic OH excluding ortho intramolecular Hbond substituents is 1. The van der Waals surface area contributed by atoms with Crippen molar-refractivity contribution in [2.45, 2.75) is 38.0 Å². The standard InChI is InChI=1S/C22H24F3N5O2/c1-13(12-31)30-9-3-4-15(11-30)27-21-20-17(5-2-8-26-20)19(28-29-21)16-7-6-14(10-18(16)32)22(23,24)25/h2,5-8,10,13,15,31-32H,3-4,9,11-12H2,1H3,(H,27,29). The molecule has 3 heterocycles. The molecule has 1 saturated heterocycles. The lowest BCUT2D eigenvalue weighted by atomic mass is 10.0. The van der Waals surface area contributed by atoms with Crippen molar-refractivity contribution in [2.24, 2.45) is 0 Å². The minimum Gasteiger partial charge on any atom is -0.507 e. The number of anilines is 1. The van der Waals surface area contributed by atoms with E-state index in [1.807, 2.05) is 6.92 Å². The van der Waals surface area contributed by atoms with E-state index in [1.54, 1.807) is 18.3 Å². The number of benzene rings is 1. The van der Waals surface area contributed by atoms with E-state index in [9.17, 15) is 23.4 Å². The van der Waals surface area contributed by atoms with Crippen LogP contribution in [-0.2, 0) is 6.18 Å². The maximum atomic E-state index is 13.0. The van der Waals surface area contributed by atoms with Gasteiger partial charge in [-0.3, -0.25) is 9.88 Å². The number of halogens is 3. The Kier molecular flexibility index (Phi) is 6.16. The molecule has 10 heteroatoms. The zero-order valence-corrected chi connectivity index (χ0v) is 17.5. The van der Waals surface area contributed by atoms with Gasteiger partial charge in [-0.2, -0.15) is 13.2 Å². The predicted molar refractivity (Wildman–Crippen MR) is 114 cm³/mol. The number of fused-ring (bicyclic) bond motifs is 1. The molecular weight excluding hydrogens is 423 g/mol. The fourth-order valence-electron chi connectivity index (χ4n) is 4.02. The van der Waals surface area contributed by atoms with Crippen LogP contribution in [0, 0.1) is 0 Å². The molecule has 0 saturated carbocycles. The van der Waals surface area contributed by atoms with Gasteiger partial charge in [0.15, 0.2) is 5.82 Å². The molecule has 32 heavy (non-hydrogen) atoms. The summed E-state index contributed by atoms with van der Waals surface area (Å²) in [5, 5.41) is 32.1. The first-order chi connectivity index (χ1) is 15.3. The van der Waals surface area contributed by atoms with Crippen LogP contribution in [0.3, 0.4) is 0 Å². The zero-order chi connectivity index (χ0) is 22.9. The Labute approximate surface area is 182 Å². The van der Waals surface area contributed by atoms with Crippen molar-refractivity contribution in [3.63, 3.8) is 0 Å². The third kappa shape index (κ3) is 4.46. The van der Waals surface area contributed by atoms with Gasteiger partial charge >= 0.3 is 6.18 Å². The summed E-state index contributed by atoms with van der Waals surface area (Å²) >= 11 is 0. The number of aromatic nitrogens is 3. The highest BCUT2D eigenvalue weighted by Crippen LogP contribution is 2.38. The lowest BCUT2D eigenvalue weighted by molar-refractivity contribution is -0.137. The second-order valence-corrected chi connectivity index (χ2v) is 8.04. The molecule has 7 nitrogen and oxygen atoms in total. The number of likely N-dealkylation sites (tertiary alicyclic amines) is 1. The Morgan fingerprint density at radius 3 is 2.78 bits per heavy atom. The monoisotopic (exact) mass is 447 g/mol. The van der Waals surface area contributed by atoms with E-state index in [2.05, 4.69) is 25.4 Å². The lowest BCUT2D eigenvalue weighted by Gasteiger charge is -2.36. The molecule has 3 N–H and O–H groups in total. The molecule has 1 aliphatic heterocycles. The van der Waals surface area contributed by atoms with Crippen LogP contribution in [-0.4, -0.2) is 62.1 Å². The Morgan fingerprint density at radius 1 is 1.25 bits per heavy atom. The Hall–Kier alpha value is -2.98. The molecule has 170 valence electrons. The van der Waals surface area contributed by atoms with E-state index >= 15 is 0 Å². The van der Waals surface area contributed by atoms with Crippen LogP contribution in [0.25, 0.3) is 22.2 Å². The van der Waals surface area contributed by atoms with Gasteiger partial charge in [-0.15, -0.1) is 10.2 Å². The third-order valence-corrected chi connectivity index (χ3v) is 5.80. The number of aromatic hydroxyl groups is 1. The molecule has 0 spiro atoms. The van der Waals surface area contributed by atoms with E-state index in [4.69, 9.17) is 0 Å². The number of alkyl halides is 3. The Balaban J connectivity index is 1.67. The SMILES string of the molecule is CC(CO)N1CCCC(Nc2nnc(-c3ccc(C(F)(F)F)cc3O)c3cccnc23)C1. The number of hydrogen-bond donors (Lipinski definition) is 3. The van der Waals surface area contributed by atoms with Gasteiger partial charge in [0.2, 0.25) is 0 Å². The maximum Gasteiger partial charge on any atom is 0.416 e. The number of nitrogens with one attached hydrogen (secondary N) is 1. The molecular formula is C22H24F3N5O2. The summed E-state index contributed by atoms with van der Waals surface area (Å²) in [4.78, 5) is 6.62. The fraction of sp³-hybridized carbons (Fsp3) is 0.409. The van der Waals surface area contributed by atoms with Gasteiger partial charge < -0.3 is 15.5 Å². The number of pyridine rings is 1. The van der Waals surface area contributed by atoms with Gasteiger partial charge in [-0.1, -0.05) is 0 Å². The first-order valence-electron chi connectivity index (χ1n) is 10.4. The minimum atomic E-state index is -4.56. The van der Waals surface area contributed by atoms with Gasteiger partial charge in [-0.05, 0) is 56.6 Å². The number of aliphatic hydroxyl groups is 1. The minimum absolute atomic E-state index is 0.0607. The number of nitrogens with zero attached hydrogens (tertiary/aromatic N) is 4. The van der Waals surface area contributed by atoms with Crippen LogP contribution >= 0.6 is 0 Å². The molecule has 1 fully saturated rings. The molecule has 2 unspecified atom stereocenters. The van der Waals surface area contributed by atoms with Crippen molar-refractivity contribution < 1.29 is 23.4 Å². The average molecular weight is 447 g/mol. The molecule has 2 atom stereocenters. The Bertz CT molecular complexity index is 1110. The van der Waals surface area contributed by atoms with E-state index in [0.29, 0.717) is 22.8 Å². The summed E-state index contributed by atoms with van der Waals surface area (Å²) in [6, 6.07) is 6.37. The number of piperidine rings is 1. The van der Waals surface area contributed by atoms with Gasteiger partial charge in [-0.25, -0.2) is 0 Å². The van der Waals surface area contributed by atoms with Crippen molar-refractivity contribution in [1.29, 1.82) is 0 Å². The molecule has 2 aromatic heterocycles. The average Bonchev–Trinajstić information content (AvgIpc) is 2.78. The zero-order valence-electron chi connectivity index (χ0n) is 17.5. The third-order valence-electron chi connectivity index (χ3n) is 5.80. The largest absolute Gasteiger partial charge is 0.507 e. The van der Waals surface area contributed by atoms with Crippen molar-refractivity contribution in [3.05, 3.63) is 42.1 Å². The van der Waals surface area contributed by atoms with Gasteiger partial charge in [0.25, 0.3) is 0 Å². The molecule has 4 rings (SSSR count). The van der Waals surface area contributed by atoms with Crippen molar-refractivity contribution in [2.75, 3.05) is 25.0 Å². The van der Waals surface area contributed by atoms with Crippen LogP contribution in [0.4, 0.5) is 19.0 Å². The summed E-state index contributed by atoms with van der Waals surface area (Å²) in [6.45, 7) is 3.71. The summed E-state index contributed by atoms with van der Waals surface area (Å²) < 4.78 is 38.9. The van der Waals surface area contributed by atoms with E-state index < -0.39 is 17.5 Å². The van der Waals surface area contributed by atoms with Crippen molar-refractivity contribution in [1.82, 2.24) is 20.1 Å². The van der Waals surface area contributed by atoms with Crippen LogP contribution in [0.1, 0.15) is 25.3 Å². The first-order valence-corrected chi connectivity index (χ1v) is 10.4. The number of aliphatic hydroxyl groups excluding tert-OH is 1. The van der Waals surface area contributed by atoms with E-state index in [1.165, 1.54) is 6.07 Å². The number of phenols is 1. The first kappa shape index (κ1) is 22.2. The van der Waals surface area contributed by atoms with Crippen molar-refractivity contribution >= 4 is 16.7 Å². The van der Waals surface area contributed by atoms with Crippen LogP contribution in [0.15, 0.2) is 36.5 Å². The van der Waals surface area contributed by atoms with Gasteiger partial charge in [0, 0.05) is 35.8 Å². The molecule has 0 amide bonds. The van der Waals surface area contributed by atoms with Crippen LogP contribution in [0.5, 0.6) is 5.75 Å². The van der Waals surface area contributed by atoms with Crippen LogP contribution in [0.2, 0.25) is 0 Å². The van der Waals surface area contributed by atoms with Crippen molar-refractivity contribution in [3.8, 4) is 17.0 Å². The van der Waals surface area contributed by atoms with Gasteiger partial charge in [0.1, 0.15) is 17.0 Å². The summed E-state index contributed by atoms with van der Waals surface area (Å²) in [6.07, 6.45) is -1.06. The summed E-state index contributed by atoms with van der Waals surface area (Å²) in [7, 11) is 0. The predicted octanol–water partition coefficient (Wildman–Crippen LogP) is 3.67. The highest BCUT2D eigenvalue weighted by Gasteiger charge is 2.31. The molecule has 0 aliphatic carbocycles. The highest BCUT2D eigenvalue weighted by atomic mass is 19.4. The fourth-order valence-corrected chi connectivity index (χ4v) is 4.02. The molecule has 1 aliphatic rings. The summed E-state index contributed by atoms with van der Waals surface area (Å²) in [5.74, 6) is -0.0554. The lowest BCUT2D eigenvalue weighted by Crippen LogP contribution is -2.47. The highest BCUT2D eigenvalue weighted by molar-refractivity contribution is 5.98. The van der Waals surface area contributed by atoms with E-state index in [-0.39, 0.29) is 29.9 Å². The van der Waals surface area contributed by atoms with Crippen LogP contribution < -0.4 is 5.32 Å². The Morgan fingerprint density at radius 2 is 2.06 bits per heavy atom. The maximum absolute atomic E-state index is 13.0. The smallest absolute Gasteiger partial charge is 0.416 e. The second-order valence-electron chi connectivity index (χ2n) is 8.04. The second kappa shape index (κ2) is 8.87. The molecule has 1 aromatic carbocycles. The molecule has 3 aromatic rings. The van der Waals surface area contributed by atoms with E-state index in [0.717, 1.165) is 32.0 Å². The number of hydrogen-bond acceptors (Lipinski definition) is 7. The quantitative estimate of drug-likeness (QED) is 0.549. The normalized spacial score (nSPS) is 18.6.